The highest BCUT2D eigenvalue weighted by Gasteiger charge is 2.40. The highest BCUT2D eigenvalue weighted by atomic mass is 16.5. The molecule has 2 amide bonds. The summed E-state index contributed by atoms with van der Waals surface area (Å²) in [5, 5.41) is 12.2. The highest BCUT2D eigenvalue weighted by molar-refractivity contribution is 5.91. The molecule has 2 aromatic carbocycles. The van der Waals surface area contributed by atoms with E-state index < -0.39 is 24.1 Å². The summed E-state index contributed by atoms with van der Waals surface area (Å²) in [6.45, 7) is 4.30. The fourth-order valence-corrected chi connectivity index (χ4v) is 4.74. The molecule has 0 aromatic heterocycles. The van der Waals surface area contributed by atoms with Gasteiger partial charge in [0.25, 0.3) is 0 Å². The van der Waals surface area contributed by atoms with E-state index >= 15 is 0 Å². The average Bonchev–Trinajstić information content (AvgIpc) is 3.28. The monoisotopic (exact) mass is 436 g/mol. The Morgan fingerprint density at radius 3 is 2.25 bits per heavy atom. The second-order valence-corrected chi connectivity index (χ2v) is 8.83. The van der Waals surface area contributed by atoms with Crippen LogP contribution in [-0.2, 0) is 14.3 Å². The molecule has 1 aliphatic carbocycles. The number of alkyl carbamates (subject to hydrolysis) is 1. The van der Waals surface area contributed by atoms with Crippen LogP contribution in [0.2, 0.25) is 0 Å². The number of amides is 2. The zero-order valence-corrected chi connectivity index (χ0v) is 18.3. The van der Waals surface area contributed by atoms with Gasteiger partial charge in [-0.05, 0) is 41.0 Å². The maximum Gasteiger partial charge on any atom is 0.407 e. The lowest BCUT2D eigenvalue weighted by Crippen LogP contribution is -2.47. The zero-order valence-electron chi connectivity index (χ0n) is 18.3. The minimum absolute atomic E-state index is 0.0636. The Balaban J connectivity index is 1.38. The number of carboxylic acid groups (broad SMARTS) is 1. The van der Waals surface area contributed by atoms with Gasteiger partial charge in [-0.3, -0.25) is 4.79 Å². The molecule has 1 fully saturated rings. The van der Waals surface area contributed by atoms with Crippen molar-refractivity contribution >= 4 is 18.0 Å². The van der Waals surface area contributed by atoms with Gasteiger partial charge in [0, 0.05) is 12.5 Å². The molecule has 7 nitrogen and oxygen atoms in total. The topological polar surface area (TPSA) is 95.9 Å². The number of carbonyl (C=O) groups is 3. The van der Waals surface area contributed by atoms with E-state index in [9.17, 15) is 19.5 Å². The fraction of sp³-hybridized carbons (Fsp3) is 0.400. The molecule has 2 atom stereocenters. The Labute approximate surface area is 187 Å². The molecule has 32 heavy (non-hydrogen) atoms. The fourth-order valence-electron chi connectivity index (χ4n) is 4.74. The standard InChI is InChI=1S/C25H28N2O5/c1-15(2)13-22(24(29)30)27-12-11-21(23(27)28)26-25(31)32-14-20-18-9-5-3-7-16(18)17-8-4-6-10-19(17)20/h3-10,15,20-22H,11-14H2,1-2H3,(H,26,31)(H,29,30)/t21-,22-/m1/s1. The number of benzene rings is 2. The molecule has 2 aromatic rings. The van der Waals surface area contributed by atoms with Gasteiger partial charge in [0.1, 0.15) is 18.7 Å². The van der Waals surface area contributed by atoms with E-state index in [-0.39, 0.29) is 24.3 Å². The van der Waals surface area contributed by atoms with Crippen molar-refractivity contribution in [3.8, 4) is 11.1 Å². The maximum absolute atomic E-state index is 12.7. The second-order valence-electron chi connectivity index (χ2n) is 8.83. The van der Waals surface area contributed by atoms with Gasteiger partial charge in [0.05, 0.1) is 0 Å². The van der Waals surface area contributed by atoms with Crippen molar-refractivity contribution in [1.29, 1.82) is 0 Å². The molecule has 1 aliphatic heterocycles. The molecular weight excluding hydrogens is 408 g/mol. The van der Waals surface area contributed by atoms with Gasteiger partial charge in [-0.1, -0.05) is 62.4 Å². The summed E-state index contributed by atoms with van der Waals surface area (Å²) in [6, 6.07) is 14.5. The summed E-state index contributed by atoms with van der Waals surface area (Å²) in [6.07, 6.45) is 0.0756. The van der Waals surface area contributed by atoms with E-state index in [1.807, 2.05) is 50.2 Å². The van der Waals surface area contributed by atoms with Crippen LogP contribution in [0.4, 0.5) is 4.79 Å². The molecule has 1 heterocycles. The van der Waals surface area contributed by atoms with E-state index in [0.717, 1.165) is 22.3 Å². The van der Waals surface area contributed by atoms with Crippen LogP contribution in [-0.4, -0.2) is 53.2 Å². The van der Waals surface area contributed by atoms with E-state index in [1.165, 1.54) is 4.90 Å². The average molecular weight is 437 g/mol. The first-order valence-electron chi connectivity index (χ1n) is 11.0. The van der Waals surface area contributed by atoms with Crippen molar-refractivity contribution in [2.45, 2.75) is 44.7 Å². The van der Waals surface area contributed by atoms with Gasteiger partial charge in [-0.25, -0.2) is 9.59 Å². The summed E-state index contributed by atoms with van der Waals surface area (Å²) in [5.41, 5.74) is 4.51. The van der Waals surface area contributed by atoms with Crippen molar-refractivity contribution < 1.29 is 24.2 Å². The van der Waals surface area contributed by atoms with E-state index in [2.05, 4.69) is 17.4 Å². The third-order valence-corrected chi connectivity index (χ3v) is 6.23. The molecule has 1 saturated heterocycles. The lowest BCUT2D eigenvalue weighted by atomic mass is 9.98. The highest BCUT2D eigenvalue weighted by Crippen LogP contribution is 2.44. The van der Waals surface area contributed by atoms with E-state index in [0.29, 0.717) is 19.4 Å². The summed E-state index contributed by atoms with van der Waals surface area (Å²) < 4.78 is 5.52. The van der Waals surface area contributed by atoms with E-state index in [1.54, 1.807) is 0 Å². The first kappa shape index (κ1) is 21.9. The molecule has 7 heteroatoms. The number of hydrogen-bond acceptors (Lipinski definition) is 4. The second kappa shape index (κ2) is 9.02. The SMILES string of the molecule is CC(C)C[C@H](C(=O)O)N1CC[C@@H](NC(=O)OCC2c3ccccc3-c3ccccc32)C1=O. The van der Waals surface area contributed by atoms with Crippen molar-refractivity contribution in [2.24, 2.45) is 5.92 Å². The molecule has 2 N–H and O–H groups in total. The number of carbonyl (C=O) groups excluding carboxylic acids is 2. The lowest BCUT2D eigenvalue weighted by Gasteiger charge is -2.26. The van der Waals surface area contributed by atoms with Gasteiger partial charge < -0.3 is 20.1 Å². The normalized spacial score (nSPS) is 18.4. The number of fused-ring (bicyclic) bond motifs is 3. The Bertz CT molecular complexity index is 989. The van der Waals surface area contributed by atoms with Crippen molar-refractivity contribution in [3.63, 3.8) is 0 Å². The number of carboxylic acids is 1. The van der Waals surface area contributed by atoms with Crippen LogP contribution >= 0.6 is 0 Å². The van der Waals surface area contributed by atoms with Crippen LogP contribution in [0.25, 0.3) is 11.1 Å². The van der Waals surface area contributed by atoms with Crippen LogP contribution < -0.4 is 5.32 Å². The molecule has 0 spiro atoms. The minimum Gasteiger partial charge on any atom is -0.480 e. The Hall–Kier alpha value is -3.35. The van der Waals surface area contributed by atoms with Crippen LogP contribution in [0.5, 0.6) is 0 Å². The van der Waals surface area contributed by atoms with Crippen LogP contribution in [0, 0.1) is 5.92 Å². The number of aliphatic carboxylic acids is 1. The number of hydrogen-bond donors (Lipinski definition) is 2. The van der Waals surface area contributed by atoms with Gasteiger partial charge >= 0.3 is 12.1 Å². The van der Waals surface area contributed by atoms with E-state index in [4.69, 9.17) is 4.74 Å². The van der Waals surface area contributed by atoms with Gasteiger partial charge in [-0.2, -0.15) is 0 Å². The van der Waals surface area contributed by atoms with Gasteiger partial charge in [0.15, 0.2) is 0 Å². The molecule has 0 radical (unpaired) electrons. The van der Waals surface area contributed by atoms with Crippen molar-refractivity contribution in [3.05, 3.63) is 59.7 Å². The number of likely N-dealkylation sites (tertiary alicyclic amines) is 1. The molecular formula is C25H28N2O5. The van der Waals surface area contributed by atoms with Crippen molar-refractivity contribution in [1.82, 2.24) is 10.2 Å². The molecule has 0 bridgehead atoms. The smallest absolute Gasteiger partial charge is 0.407 e. The molecule has 2 aliphatic rings. The number of ether oxygens (including phenoxy) is 1. The Kier molecular flexibility index (Phi) is 6.17. The largest absolute Gasteiger partial charge is 0.480 e. The number of nitrogens with zero attached hydrogens (tertiary/aromatic N) is 1. The van der Waals surface area contributed by atoms with Crippen molar-refractivity contribution in [2.75, 3.05) is 13.2 Å². The van der Waals surface area contributed by atoms with Gasteiger partial charge in [-0.15, -0.1) is 0 Å². The third-order valence-electron chi connectivity index (χ3n) is 6.23. The Morgan fingerprint density at radius 1 is 1.09 bits per heavy atom. The molecule has 4 rings (SSSR count). The summed E-state index contributed by atoms with van der Waals surface area (Å²) in [7, 11) is 0. The van der Waals surface area contributed by atoms with Crippen LogP contribution in [0.3, 0.4) is 0 Å². The number of nitrogens with one attached hydrogen (secondary N) is 1. The third kappa shape index (κ3) is 4.20. The number of rotatable bonds is 7. The van der Waals surface area contributed by atoms with Crippen LogP contribution in [0.1, 0.15) is 43.7 Å². The van der Waals surface area contributed by atoms with Crippen LogP contribution in [0.15, 0.2) is 48.5 Å². The quantitative estimate of drug-likeness (QED) is 0.691. The summed E-state index contributed by atoms with van der Waals surface area (Å²) >= 11 is 0. The zero-order chi connectivity index (χ0) is 22.8. The molecule has 0 saturated carbocycles. The molecule has 0 unspecified atom stereocenters. The van der Waals surface area contributed by atoms with Gasteiger partial charge in [0.2, 0.25) is 5.91 Å². The Morgan fingerprint density at radius 2 is 1.69 bits per heavy atom. The predicted octanol–water partition coefficient (Wildman–Crippen LogP) is 3.63. The maximum atomic E-state index is 12.7. The summed E-state index contributed by atoms with van der Waals surface area (Å²) in [4.78, 5) is 38.2. The first-order valence-corrected chi connectivity index (χ1v) is 11.0. The summed E-state index contributed by atoms with van der Waals surface area (Å²) in [5.74, 6) is -1.31. The predicted molar refractivity (Wildman–Crippen MR) is 119 cm³/mol. The first-order chi connectivity index (χ1) is 15.4. The minimum atomic E-state index is -1.02. The molecule has 168 valence electrons. The lowest BCUT2D eigenvalue weighted by molar-refractivity contribution is -0.149.